The summed E-state index contributed by atoms with van der Waals surface area (Å²) in [6.07, 6.45) is 4.35. The van der Waals surface area contributed by atoms with Crippen LogP contribution >= 0.6 is 15.9 Å². The first-order valence-corrected chi connectivity index (χ1v) is 16.3. The molecule has 0 atom stereocenters. The third-order valence-electron chi connectivity index (χ3n) is 8.04. The molecule has 1 saturated heterocycles. The molecule has 1 heterocycles. The molecule has 0 radical (unpaired) electrons. The van der Waals surface area contributed by atoms with E-state index in [-0.39, 0.29) is 17.9 Å². The quantitative estimate of drug-likeness (QED) is 0.157. The van der Waals surface area contributed by atoms with Gasteiger partial charge in [0, 0.05) is 30.7 Å². The van der Waals surface area contributed by atoms with Crippen LogP contribution in [0.5, 0.6) is 5.75 Å². The van der Waals surface area contributed by atoms with Crippen LogP contribution in [0.4, 0.5) is 5.69 Å². The molecule has 0 bridgehead atoms. The van der Waals surface area contributed by atoms with E-state index in [0.29, 0.717) is 42.3 Å². The summed E-state index contributed by atoms with van der Waals surface area (Å²) in [5.41, 5.74) is 3.88. The zero-order valence-electron chi connectivity index (χ0n) is 25.3. The van der Waals surface area contributed by atoms with Crippen molar-refractivity contribution >= 4 is 33.4 Å². The van der Waals surface area contributed by atoms with Gasteiger partial charge in [-0.2, -0.15) is 0 Å². The molecule has 7 heteroatoms. The smallest absolute Gasteiger partial charge is 0.259 e. The lowest BCUT2D eigenvalue weighted by atomic mass is 9.96. The summed E-state index contributed by atoms with van der Waals surface area (Å²) >= 11 is 3.49. The van der Waals surface area contributed by atoms with Crippen molar-refractivity contribution in [1.29, 1.82) is 0 Å². The average molecular weight is 655 g/mol. The summed E-state index contributed by atoms with van der Waals surface area (Å²) in [6.45, 7) is 5.40. The number of hydrogen-bond acceptors (Lipinski definition) is 4. The fourth-order valence-corrected chi connectivity index (χ4v) is 6.08. The van der Waals surface area contributed by atoms with Crippen molar-refractivity contribution in [2.45, 2.75) is 38.6 Å². The van der Waals surface area contributed by atoms with E-state index in [9.17, 15) is 9.59 Å². The van der Waals surface area contributed by atoms with Crippen LogP contribution in [0, 0.1) is 0 Å². The predicted octanol–water partition coefficient (Wildman–Crippen LogP) is 8.21. The van der Waals surface area contributed by atoms with Crippen LogP contribution < -0.4 is 10.1 Å². The largest absolute Gasteiger partial charge is 0.493 e. The molecular weight excluding hydrogens is 614 g/mol. The molecule has 0 unspecified atom stereocenters. The lowest BCUT2D eigenvalue weighted by Gasteiger charge is -2.40. The first kappa shape index (κ1) is 31.5. The maximum atomic E-state index is 13.8. The molecule has 0 aromatic heterocycles. The van der Waals surface area contributed by atoms with Crippen LogP contribution in [0.25, 0.3) is 0 Å². The highest BCUT2D eigenvalue weighted by Crippen LogP contribution is 2.30. The fraction of sp³-hybridized carbons (Fsp3) is 0.297. The fourth-order valence-electron chi connectivity index (χ4n) is 5.72. The van der Waals surface area contributed by atoms with E-state index < -0.39 is 0 Å². The average Bonchev–Trinajstić information content (AvgIpc) is 3.06. The van der Waals surface area contributed by atoms with Gasteiger partial charge in [-0.1, -0.05) is 115 Å². The summed E-state index contributed by atoms with van der Waals surface area (Å²) < 4.78 is 6.79. The predicted molar refractivity (Wildman–Crippen MR) is 180 cm³/mol. The van der Waals surface area contributed by atoms with Crippen LogP contribution in [0.1, 0.15) is 70.5 Å². The molecule has 6 nitrogen and oxygen atoms in total. The van der Waals surface area contributed by atoms with Crippen LogP contribution in [-0.2, 0) is 0 Å². The van der Waals surface area contributed by atoms with E-state index in [1.54, 1.807) is 18.2 Å². The number of piperazine rings is 1. The van der Waals surface area contributed by atoms with Gasteiger partial charge >= 0.3 is 0 Å². The van der Waals surface area contributed by atoms with Crippen molar-refractivity contribution in [3.63, 3.8) is 0 Å². The molecule has 4 aromatic rings. The Labute approximate surface area is 269 Å². The molecule has 1 aliphatic heterocycles. The van der Waals surface area contributed by atoms with Gasteiger partial charge in [0.15, 0.2) is 0 Å². The third-order valence-corrected chi connectivity index (χ3v) is 8.54. The second-order valence-electron chi connectivity index (χ2n) is 11.1. The van der Waals surface area contributed by atoms with Gasteiger partial charge in [-0.3, -0.25) is 14.5 Å². The van der Waals surface area contributed by atoms with E-state index in [2.05, 4.69) is 81.6 Å². The Morgan fingerprint density at radius 1 is 0.773 bits per heavy atom. The maximum Gasteiger partial charge on any atom is 0.259 e. The first-order valence-electron chi connectivity index (χ1n) is 15.5. The molecule has 2 amide bonds. The molecule has 4 aromatic carbocycles. The molecule has 228 valence electrons. The number of carbonyl (C=O) groups excluding carboxylic acids is 2. The minimum atomic E-state index is -0.312. The minimum Gasteiger partial charge on any atom is -0.493 e. The van der Waals surface area contributed by atoms with Crippen LogP contribution in [0.3, 0.4) is 0 Å². The number of anilines is 1. The number of nitrogens with zero attached hydrogens (tertiary/aromatic N) is 2. The highest BCUT2D eigenvalue weighted by Gasteiger charge is 2.29. The van der Waals surface area contributed by atoms with Gasteiger partial charge in [0.05, 0.1) is 29.5 Å². The summed E-state index contributed by atoms with van der Waals surface area (Å²) in [5, 5.41) is 3.00. The van der Waals surface area contributed by atoms with Crippen molar-refractivity contribution in [1.82, 2.24) is 9.80 Å². The molecule has 44 heavy (non-hydrogen) atoms. The van der Waals surface area contributed by atoms with Crippen molar-refractivity contribution in [2.24, 2.45) is 0 Å². The summed E-state index contributed by atoms with van der Waals surface area (Å²) in [5.74, 6) is 0.139. The molecular formula is C37H40BrN3O3. The second-order valence-corrected chi connectivity index (χ2v) is 12.0. The summed E-state index contributed by atoms with van der Waals surface area (Å²) in [6, 6.07) is 33.9. The SMILES string of the molecule is CCCCCCOc1ccc(Br)cc1C(=O)Nc1ccccc1C(=O)N1CCN(C(c2ccccc2)c2ccccc2)CC1. The van der Waals surface area contributed by atoms with E-state index in [1.165, 1.54) is 11.1 Å². The Morgan fingerprint density at radius 3 is 2.07 bits per heavy atom. The Kier molecular flexibility index (Phi) is 11.2. The Morgan fingerprint density at radius 2 is 1.41 bits per heavy atom. The number of halogens is 1. The highest BCUT2D eigenvalue weighted by atomic mass is 79.9. The molecule has 0 aliphatic carbocycles. The van der Waals surface area contributed by atoms with Gasteiger partial charge in [-0.15, -0.1) is 0 Å². The van der Waals surface area contributed by atoms with Gasteiger partial charge in [0.2, 0.25) is 0 Å². The lowest BCUT2D eigenvalue weighted by Crippen LogP contribution is -2.50. The maximum absolute atomic E-state index is 13.8. The molecule has 1 N–H and O–H groups in total. The van der Waals surface area contributed by atoms with Gasteiger partial charge in [0.25, 0.3) is 11.8 Å². The summed E-state index contributed by atoms with van der Waals surface area (Å²) in [4.78, 5) is 31.7. The van der Waals surface area contributed by atoms with E-state index in [0.717, 1.165) is 43.2 Å². The van der Waals surface area contributed by atoms with Gasteiger partial charge in [-0.25, -0.2) is 0 Å². The number of ether oxygens (including phenoxy) is 1. The first-order chi connectivity index (χ1) is 21.5. The third kappa shape index (κ3) is 7.96. The molecule has 0 spiro atoms. The van der Waals surface area contributed by atoms with Crippen molar-refractivity contribution in [3.8, 4) is 5.75 Å². The number of unbranched alkanes of at least 4 members (excludes halogenated alkanes) is 3. The topological polar surface area (TPSA) is 61.9 Å². The van der Waals surface area contributed by atoms with E-state index >= 15 is 0 Å². The zero-order valence-corrected chi connectivity index (χ0v) is 26.8. The van der Waals surface area contributed by atoms with Crippen LogP contribution in [0.2, 0.25) is 0 Å². The standard InChI is InChI=1S/C37H40BrN3O3/c1-2-3-4-13-26-44-34-21-20-30(38)27-32(34)36(42)39-33-19-12-11-18-31(33)37(43)41-24-22-40(23-25-41)35(28-14-7-5-8-15-28)29-16-9-6-10-17-29/h5-12,14-21,27,35H,2-4,13,22-26H2,1H3,(H,39,42). The molecule has 1 fully saturated rings. The van der Waals surface area contributed by atoms with Crippen molar-refractivity contribution < 1.29 is 14.3 Å². The van der Waals surface area contributed by atoms with Crippen molar-refractivity contribution in [3.05, 3.63) is 130 Å². The van der Waals surface area contributed by atoms with Gasteiger partial charge < -0.3 is 15.0 Å². The van der Waals surface area contributed by atoms with Crippen molar-refractivity contribution in [2.75, 3.05) is 38.1 Å². The Hall–Kier alpha value is -3.94. The number of para-hydroxylation sites is 1. The molecule has 0 saturated carbocycles. The van der Waals surface area contributed by atoms with E-state index in [1.807, 2.05) is 41.3 Å². The Bertz CT molecular complexity index is 1480. The Balaban J connectivity index is 1.27. The van der Waals surface area contributed by atoms with Gasteiger partial charge in [0.1, 0.15) is 5.75 Å². The number of rotatable bonds is 12. The normalized spacial score (nSPS) is 13.6. The minimum absolute atomic E-state index is 0.0850. The monoisotopic (exact) mass is 653 g/mol. The summed E-state index contributed by atoms with van der Waals surface area (Å²) in [7, 11) is 0. The number of benzene rings is 4. The zero-order chi connectivity index (χ0) is 30.7. The van der Waals surface area contributed by atoms with E-state index in [4.69, 9.17) is 4.74 Å². The van der Waals surface area contributed by atoms with Crippen LogP contribution in [0.15, 0.2) is 108 Å². The number of hydrogen-bond donors (Lipinski definition) is 1. The lowest BCUT2D eigenvalue weighted by molar-refractivity contribution is 0.0598. The van der Waals surface area contributed by atoms with Gasteiger partial charge in [-0.05, 0) is 47.9 Å². The molecule has 1 aliphatic rings. The van der Waals surface area contributed by atoms with Crippen LogP contribution in [-0.4, -0.2) is 54.4 Å². The number of carbonyl (C=O) groups is 2. The molecule has 5 rings (SSSR count). The second kappa shape index (κ2) is 15.7. The highest BCUT2D eigenvalue weighted by molar-refractivity contribution is 9.10. The number of nitrogens with one attached hydrogen (secondary N) is 1. The number of amides is 2.